The maximum Gasteiger partial charge on any atom is 0.223 e. The van der Waals surface area contributed by atoms with Crippen molar-refractivity contribution in [2.24, 2.45) is 0 Å². The third-order valence-electron chi connectivity index (χ3n) is 2.97. The Bertz CT molecular complexity index is 759. The summed E-state index contributed by atoms with van der Waals surface area (Å²) in [5.74, 6) is 1.26. The van der Waals surface area contributed by atoms with Crippen LogP contribution in [-0.4, -0.2) is 24.2 Å². The molecule has 0 N–H and O–H groups in total. The van der Waals surface area contributed by atoms with Gasteiger partial charge in [-0.2, -0.15) is 11.3 Å². The quantitative estimate of drug-likeness (QED) is 0.685. The Hall–Kier alpha value is -1.85. The van der Waals surface area contributed by atoms with Crippen LogP contribution in [0.15, 0.2) is 29.0 Å². The molecule has 0 radical (unpaired) electrons. The second kappa shape index (κ2) is 5.26. The van der Waals surface area contributed by atoms with Crippen LogP contribution in [-0.2, 0) is 0 Å². The molecular weight excluding hydrogens is 296 g/mol. The molecule has 0 amide bonds. The number of rotatable bonds is 3. The zero-order valence-electron chi connectivity index (χ0n) is 10.9. The van der Waals surface area contributed by atoms with E-state index < -0.39 is 0 Å². The van der Waals surface area contributed by atoms with E-state index in [4.69, 9.17) is 21.1 Å². The average molecular weight is 307 g/mol. The van der Waals surface area contributed by atoms with Crippen molar-refractivity contribution in [1.29, 1.82) is 0 Å². The van der Waals surface area contributed by atoms with Crippen molar-refractivity contribution in [3.8, 4) is 22.8 Å². The fourth-order valence-corrected chi connectivity index (χ4v) is 2.86. The maximum absolute atomic E-state index is 6.02. The number of methoxy groups -OCH3 is 2. The highest BCUT2D eigenvalue weighted by atomic mass is 35.5. The first-order chi connectivity index (χ1) is 9.72. The number of benzene rings is 1. The van der Waals surface area contributed by atoms with Gasteiger partial charge in [-0.25, -0.2) is 9.97 Å². The van der Waals surface area contributed by atoms with Crippen LogP contribution in [0, 0.1) is 0 Å². The summed E-state index contributed by atoms with van der Waals surface area (Å²) in [5.41, 5.74) is 2.53. The summed E-state index contributed by atoms with van der Waals surface area (Å²) in [5, 5.41) is 5.11. The van der Waals surface area contributed by atoms with Crippen LogP contribution >= 0.6 is 22.9 Å². The fourth-order valence-electron chi connectivity index (χ4n) is 2.05. The molecule has 0 aliphatic heterocycles. The molecule has 0 saturated carbocycles. The molecule has 4 nitrogen and oxygen atoms in total. The minimum absolute atomic E-state index is 0.214. The summed E-state index contributed by atoms with van der Waals surface area (Å²) < 4.78 is 10.6. The molecule has 3 aromatic rings. The third-order valence-corrected chi connectivity index (χ3v) is 3.82. The van der Waals surface area contributed by atoms with Crippen LogP contribution in [0.4, 0.5) is 0 Å². The van der Waals surface area contributed by atoms with Gasteiger partial charge in [0.15, 0.2) is 11.5 Å². The maximum atomic E-state index is 6.02. The number of aromatic nitrogens is 2. The predicted octanol–water partition coefficient (Wildman–Crippen LogP) is 4.03. The van der Waals surface area contributed by atoms with Crippen LogP contribution in [0.1, 0.15) is 0 Å². The number of ether oxygens (including phenoxy) is 2. The van der Waals surface area contributed by atoms with E-state index in [9.17, 15) is 0 Å². The number of hydrogen-bond acceptors (Lipinski definition) is 5. The van der Waals surface area contributed by atoms with Crippen molar-refractivity contribution in [3.05, 3.63) is 34.2 Å². The Labute approximate surface area is 125 Å². The Morgan fingerprint density at radius 2 is 1.85 bits per heavy atom. The lowest BCUT2D eigenvalue weighted by atomic mass is 10.1. The van der Waals surface area contributed by atoms with Crippen LogP contribution in [0.5, 0.6) is 11.5 Å². The smallest absolute Gasteiger partial charge is 0.223 e. The van der Waals surface area contributed by atoms with Gasteiger partial charge in [0.25, 0.3) is 0 Å². The molecule has 0 aliphatic rings. The zero-order valence-corrected chi connectivity index (χ0v) is 12.5. The van der Waals surface area contributed by atoms with Gasteiger partial charge in [0.1, 0.15) is 0 Å². The summed E-state index contributed by atoms with van der Waals surface area (Å²) in [4.78, 5) is 8.59. The van der Waals surface area contributed by atoms with E-state index in [1.54, 1.807) is 31.6 Å². The normalized spacial score (nSPS) is 10.8. The molecule has 0 unspecified atom stereocenters. The zero-order chi connectivity index (χ0) is 14.1. The van der Waals surface area contributed by atoms with Gasteiger partial charge in [0, 0.05) is 22.4 Å². The second-order valence-electron chi connectivity index (χ2n) is 4.08. The molecule has 3 rings (SSSR count). The van der Waals surface area contributed by atoms with E-state index in [2.05, 4.69) is 9.97 Å². The van der Waals surface area contributed by atoms with Gasteiger partial charge in [-0.3, -0.25) is 0 Å². The molecule has 102 valence electrons. The molecule has 0 saturated heterocycles. The molecule has 0 atom stereocenters. The molecular formula is C14H11ClN2O2S. The minimum atomic E-state index is 0.214. The Kier molecular flexibility index (Phi) is 3.46. The first-order valence-electron chi connectivity index (χ1n) is 5.84. The lowest BCUT2D eigenvalue weighted by Crippen LogP contribution is -1.95. The fraction of sp³-hybridized carbons (Fsp3) is 0.143. The number of nitrogens with zero attached hydrogens (tertiary/aromatic N) is 2. The molecule has 0 spiro atoms. The van der Waals surface area contributed by atoms with Gasteiger partial charge in [-0.05, 0) is 29.1 Å². The van der Waals surface area contributed by atoms with Crippen LogP contribution in [0.25, 0.3) is 22.2 Å². The SMILES string of the molecule is COc1cc2nc(Cl)nc(-c3ccsc3)c2cc1OC. The summed E-state index contributed by atoms with van der Waals surface area (Å²) in [6.45, 7) is 0. The first-order valence-corrected chi connectivity index (χ1v) is 7.17. The van der Waals surface area contributed by atoms with Crippen molar-refractivity contribution in [1.82, 2.24) is 9.97 Å². The number of fused-ring (bicyclic) bond motifs is 1. The van der Waals surface area contributed by atoms with Gasteiger partial charge in [0.05, 0.1) is 25.4 Å². The lowest BCUT2D eigenvalue weighted by Gasteiger charge is -2.11. The standard InChI is InChI=1S/C14H11ClN2O2S/c1-18-11-5-9-10(6-12(11)19-2)16-14(15)17-13(9)8-3-4-20-7-8/h3-7H,1-2H3. The van der Waals surface area contributed by atoms with Crippen LogP contribution < -0.4 is 9.47 Å². The van der Waals surface area contributed by atoms with Gasteiger partial charge in [-0.1, -0.05) is 0 Å². The van der Waals surface area contributed by atoms with Crippen molar-refractivity contribution >= 4 is 33.8 Å². The Balaban J connectivity index is 2.35. The molecule has 1 aromatic carbocycles. The van der Waals surface area contributed by atoms with Crippen molar-refractivity contribution in [2.45, 2.75) is 0 Å². The molecule has 0 fully saturated rings. The number of thiophene rings is 1. The van der Waals surface area contributed by atoms with Crippen molar-refractivity contribution in [2.75, 3.05) is 14.2 Å². The molecule has 0 aliphatic carbocycles. The third kappa shape index (κ3) is 2.19. The monoisotopic (exact) mass is 306 g/mol. The minimum Gasteiger partial charge on any atom is -0.493 e. The summed E-state index contributed by atoms with van der Waals surface area (Å²) in [6.07, 6.45) is 0. The van der Waals surface area contributed by atoms with E-state index in [1.165, 1.54) is 0 Å². The lowest BCUT2D eigenvalue weighted by molar-refractivity contribution is 0.356. The van der Waals surface area contributed by atoms with E-state index in [0.717, 1.165) is 22.2 Å². The van der Waals surface area contributed by atoms with E-state index >= 15 is 0 Å². The highest BCUT2D eigenvalue weighted by Gasteiger charge is 2.14. The van der Waals surface area contributed by atoms with Crippen LogP contribution in [0.2, 0.25) is 5.28 Å². The van der Waals surface area contributed by atoms with Crippen molar-refractivity contribution in [3.63, 3.8) is 0 Å². The first kappa shape index (κ1) is 13.1. The van der Waals surface area contributed by atoms with Crippen molar-refractivity contribution < 1.29 is 9.47 Å². The Morgan fingerprint density at radius 3 is 2.50 bits per heavy atom. The summed E-state index contributed by atoms with van der Waals surface area (Å²) in [6, 6.07) is 5.68. The van der Waals surface area contributed by atoms with Gasteiger partial charge >= 0.3 is 0 Å². The number of hydrogen-bond donors (Lipinski definition) is 0. The second-order valence-corrected chi connectivity index (χ2v) is 5.20. The van der Waals surface area contributed by atoms with Crippen LogP contribution in [0.3, 0.4) is 0 Å². The molecule has 2 heterocycles. The highest BCUT2D eigenvalue weighted by molar-refractivity contribution is 7.08. The highest BCUT2D eigenvalue weighted by Crippen LogP contribution is 2.36. The summed E-state index contributed by atoms with van der Waals surface area (Å²) >= 11 is 7.63. The number of halogens is 1. The predicted molar refractivity (Wildman–Crippen MR) is 81.0 cm³/mol. The largest absolute Gasteiger partial charge is 0.493 e. The summed E-state index contributed by atoms with van der Waals surface area (Å²) in [7, 11) is 3.19. The van der Waals surface area contributed by atoms with E-state index in [0.29, 0.717) is 11.5 Å². The Morgan fingerprint density at radius 1 is 1.10 bits per heavy atom. The van der Waals surface area contributed by atoms with Gasteiger partial charge in [0.2, 0.25) is 5.28 Å². The molecule has 20 heavy (non-hydrogen) atoms. The van der Waals surface area contributed by atoms with E-state index in [-0.39, 0.29) is 5.28 Å². The molecule has 6 heteroatoms. The van der Waals surface area contributed by atoms with Gasteiger partial charge in [-0.15, -0.1) is 0 Å². The van der Waals surface area contributed by atoms with E-state index in [1.807, 2.05) is 22.9 Å². The molecule has 2 aromatic heterocycles. The average Bonchev–Trinajstić information content (AvgIpc) is 2.98. The van der Waals surface area contributed by atoms with Gasteiger partial charge < -0.3 is 9.47 Å². The molecule has 0 bridgehead atoms. The topological polar surface area (TPSA) is 44.2 Å².